The Bertz CT molecular complexity index is 1340. The molecule has 0 aromatic heterocycles. The first-order chi connectivity index (χ1) is 21.4. The van der Waals surface area contributed by atoms with E-state index in [-0.39, 0.29) is 25.1 Å². The number of hydrogen-bond acceptors (Lipinski definition) is 13. The van der Waals surface area contributed by atoms with E-state index in [0.717, 1.165) is 11.8 Å². The molecule has 0 radical (unpaired) electrons. The van der Waals surface area contributed by atoms with Gasteiger partial charge in [-0.15, -0.1) is 0 Å². The summed E-state index contributed by atoms with van der Waals surface area (Å²) in [6, 6.07) is -4.45. The Kier molecular flexibility index (Phi) is 12.1. The molecule has 1 amide bonds. The highest BCUT2D eigenvalue weighted by Crippen LogP contribution is 2.37. The van der Waals surface area contributed by atoms with Crippen molar-refractivity contribution >= 4 is 11.9 Å². The molecule has 1 saturated carbocycles. The number of carbonyl (C=O) groups is 2. The lowest BCUT2D eigenvalue weighted by atomic mass is 9.83. The van der Waals surface area contributed by atoms with Crippen LogP contribution in [0, 0.1) is 0 Å². The van der Waals surface area contributed by atoms with Crippen molar-refractivity contribution in [2.24, 2.45) is 20.5 Å². The number of hydrogen-bond donors (Lipinski definition) is 2. The van der Waals surface area contributed by atoms with Crippen LogP contribution in [-0.2, 0) is 33.3 Å². The van der Waals surface area contributed by atoms with E-state index in [1.165, 1.54) is 20.9 Å². The van der Waals surface area contributed by atoms with Crippen molar-refractivity contribution in [3.05, 3.63) is 53.6 Å². The van der Waals surface area contributed by atoms with Gasteiger partial charge in [-0.1, -0.05) is 20.5 Å². The third-order valence-corrected chi connectivity index (χ3v) is 7.53. The van der Waals surface area contributed by atoms with Crippen molar-refractivity contribution in [1.82, 2.24) is 4.90 Å². The second-order valence-electron chi connectivity index (χ2n) is 10.7. The number of nitrogens with zero attached hydrogens (tertiary/aromatic N) is 13. The van der Waals surface area contributed by atoms with E-state index in [2.05, 4.69) is 40.1 Å². The number of esters is 1. The van der Waals surface area contributed by atoms with Gasteiger partial charge in [0.1, 0.15) is 29.5 Å². The average Bonchev–Trinajstić information content (AvgIpc) is 2.97. The molecular formula is C23H33N13O9. The molecule has 2 aliphatic heterocycles. The molecule has 2 N–H and O–H groups in total. The molecular weight excluding hydrogens is 602 g/mol. The molecule has 244 valence electrons. The van der Waals surface area contributed by atoms with Gasteiger partial charge < -0.3 is 38.8 Å². The summed E-state index contributed by atoms with van der Waals surface area (Å²) in [4.78, 5) is 36.7. The maximum atomic E-state index is 12.3. The zero-order valence-electron chi connectivity index (χ0n) is 24.7. The molecule has 22 nitrogen and oxygen atoms in total. The number of ether oxygens (including phenoxy) is 5. The zero-order valence-corrected chi connectivity index (χ0v) is 24.7. The first-order valence-corrected chi connectivity index (χ1v) is 13.6. The van der Waals surface area contributed by atoms with Crippen molar-refractivity contribution in [3.8, 4) is 0 Å². The Morgan fingerprint density at radius 3 is 2.11 bits per heavy atom. The van der Waals surface area contributed by atoms with Crippen LogP contribution in [0.25, 0.3) is 41.8 Å². The number of carbonyl (C=O) groups excluding carboxylic acids is 2. The van der Waals surface area contributed by atoms with Gasteiger partial charge in [0.15, 0.2) is 12.4 Å². The second-order valence-corrected chi connectivity index (χ2v) is 10.7. The molecule has 0 aromatic rings. The Morgan fingerprint density at radius 2 is 1.58 bits per heavy atom. The van der Waals surface area contributed by atoms with Gasteiger partial charge in [0.25, 0.3) is 0 Å². The second kappa shape index (κ2) is 15.5. The topological polar surface area (TPSA) is 319 Å². The van der Waals surface area contributed by atoms with Crippen LogP contribution in [0.4, 0.5) is 0 Å². The molecule has 22 heteroatoms. The van der Waals surface area contributed by atoms with Crippen LogP contribution < -0.4 is 0 Å². The van der Waals surface area contributed by atoms with Gasteiger partial charge in [-0.3, -0.25) is 9.59 Å². The number of aliphatic hydroxyl groups excluding tert-OH is 1. The predicted molar refractivity (Wildman–Crippen MR) is 149 cm³/mol. The molecule has 45 heavy (non-hydrogen) atoms. The molecule has 3 aliphatic rings. The van der Waals surface area contributed by atoms with Crippen LogP contribution in [-0.4, -0.2) is 114 Å². The smallest absolute Gasteiger partial charge is 0.303 e. The van der Waals surface area contributed by atoms with Gasteiger partial charge in [0, 0.05) is 40.5 Å². The molecule has 11 atom stereocenters. The van der Waals surface area contributed by atoms with Crippen molar-refractivity contribution in [2.45, 2.75) is 100 Å². The third kappa shape index (κ3) is 8.37. The summed E-state index contributed by atoms with van der Waals surface area (Å²) >= 11 is 0. The number of rotatable bonds is 11. The Hall–Kier alpha value is -4.48. The van der Waals surface area contributed by atoms with Gasteiger partial charge in [0.05, 0.1) is 37.4 Å². The minimum atomic E-state index is -1.74. The average molecular weight is 636 g/mol. The largest absolute Gasteiger partial charge is 0.469 e. The molecule has 0 spiro atoms. The SMILES string of the molecule is CC(=O)O[C@H]1[C@@H](O[C@@H]2[C@@H](O)[C@H](O[C@H]3OC(CN=[N+]=[N-])=CC[C@H]3N=[N+]=[N-])[C@@H](N=[N+]=[N-])C[C@H]2N=[N+]=[N-])OC[C@](C)(O)[C@@H]1N(C)C(C)=O. The zero-order chi connectivity index (χ0) is 33.3. The van der Waals surface area contributed by atoms with Crippen LogP contribution in [0.3, 0.4) is 0 Å². The summed E-state index contributed by atoms with van der Waals surface area (Å²) in [5.74, 6) is -1.06. The summed E-state index contributed by atoms with van der Waals surface area (Å²) in [5, 5.41) is 37.2. The number of likely N-dealkylation sites (N-methyl/N-ethyl adjacent to an activating group) is 1. The van der Waals surface area contributed by atoms with Crippen LogP contribution in [0.2, 0.25) is 0 Å². The minimum Gasteiger partial charge on any atom is -0.469 e. The monoisotopic (exact) mass is 635 g/mol. The lowest BCUT2D eigenvalue weighted by molar-refractivity contribution is -0.312. The highest BCUT2D eigenvalue weighted by molar-refractivity contribution is 5.73. The summed E-state index contributed by atoms with van der Waals surface area (Å²) in [5.41, 5.74) is 34.6. The van der Waals surface area contributed by atoms with Crippen LogP contribution in [0.15, 0.2) is 32.3 Å². The summed E-state index contributed by atoms with van der Waals surface area (Å²) in [6.07, 6.45) is -7.42. The molecule has 1 saturated heterocycles. The fourth-order valence-electron chi connectivity index (χ4n) is 5.49. The molecule has 0 unspecified atom stereocenters. The fraction of sp³-hybridized carbons (Fsp3) is 0.826. The highest BCUT2D eigenvalue weighted by Gasteiger charge is 2.55. The van der Waals surface area contributed by atoms with Crippen molar-refractivity contribution in [3.63, 3.8) is 0 Å². The Morgan fingerprint density at radius 1 is 1.00 bits per heavy atom. The van der Waals surface area contributed by atoms with Crippen LogP contribution >= 0.6 is 0 Å². The number of amides is 1. The van der Waals surface area contributed by atoms with Crippen molar-refractivity contribution < 1.29 is 43.5 Å². The summed E-state index contributed by atoms with van der Waals surface area (Å²) in [7, 11) is 1.39. The quantitative estimate of drug-likeness (QED) is 0.145. The lowest BCUT2D eigenvalue weighted by Gasteiger charge is -2.50. The molecule has 0 bridgehead atoms. The molecule has 2 fully saturated rings. The fourth-order valence-corrected chi connectivity index (χ4v) is 5.49. The Balaban J connectivity index is 1.99. The van der Waals surface area contributed by atoms with E-state index in [0.29, 0.717) is 0 Å². The standard InChI is InChI=1S/C23H33N13O9/c1-10(37)36(4)20-19(42-11(2)38)22(41-9-23(20,3)40)45-18-15(31-35-27)7-14(30-34-26)17(16(18)39)44-21-13(29-33-25)6-5-12(43-21)8-28-32-24/h5,13-22,39-40H,6-9H2,1-4H3/t13-,14+,15-,16+,17-,18+,19-,20-,21-,22-,23+/m1/s1. The normalized spacial score (nSPS) is 35.8. The van der Waals surface area contributed by atoms with Crippen LogP contribution in [0.5, 0.6) is 0 Å². The highest BCUT2D eigenvalue weighted by atomic mass is 16.7. The van der Waals surface area contributed by atoms with E-state index in [9.17, 15) is 30.9 Å². The molecule has 2 heterocycles. The van der Waals surface area contributed by atoms with Gasteiger partial charge >= 0.3 is 5.97 Å². The van der Waals surface area contributed by atoms with Crippen molar-refractivity contribution in [1.29, 1.82) is 0 Å². The van der Waals surface area contributed by atoms with Gasteiger partial charge in [-0.05, 0) is 48.0 Å². The Labute approximate surface area is 255 Å². The predicted octanol–water partition coefficient (Wildman–Crippen LogP) is 2.38. The maximum absolute atomic E-state index is 12.3. The first kappa shape index (κ1) is 35.0. The third-order valence-electron chi connectivity index (χ3n) is 7.53. The molecule has 3 rings (SSSR count). The lowest BCUT2D eigenvalue weighted by Crippen LogP contribution is -2.69. The van der Waals surface area contributed by atoms with Gasteiger partial charge in [-0.25, -0.2) is 0 Å². The van der Waals surface area contributed by atoms with E-state index >= 15 is 0 Å². The van der Waals surface area contributed by atoms with E-state index < -0.39 is 85.2 Å². The van der Waals surface area contributed by atoms with E-state index in [1.807, 2.05) is 0 Å². The summed E-state index contributed by atoms with van der Waals surface area (Å²) in [6.45, 7) is 3.15. The van der Waals surface area contributed by atoms with E-state index in [4.69, 9.17) is 34.7 Å². The van der Waals surface area contributed by atoms with Crippen molar-refractivity contribution in [2.75, 3.05) is 20.2 Å². The first-order valence-electron chi connectivity index (χ1n) is 13.6. The molecule has 0 aromatic carbocycles. The van der Waals surface area contributed by atoms with Gasteiger partial charge in [-0.2, -0.15) is 0 Å². The summed E-state index contributed by atoms with van der Waals surface area (Å²) < 4.78 is 29.0. The van der Waals surface area contributed by atoms with Gasteiger partial charge in [0.2, 0.25) is 12.2 Å². The maximum Gasteiger partial charge on any atom is 0.303 e. The van der Waals surface area contributed by atoms with Crippen LogP contribution in [0.1, 0.15) is 33.6 Å². The van der Waals surface area contributed by atoms with E-state index in [1.54, 1.807) is 6.08 Å². The minimum absolute atomic E-state index is 0.117. The number of aliphatic hydroxyl groups is 2. The number of azide groups is 4. The molecule has 1 aliphatic carbocycles.